The number of piperazine rings is 1. The lowest BCUT2D eigenvalue weighted by Crippen LogP contribution is -2.72. The van der Waals surface area contributed by atoms with E-state index in [4.69, 9.17) is 4.74 Å². The second kappa shape index (κ2) is 7.59. The molecule has 2 fully saturated rings. The van der Waals surface area contributed by atoms with Crippen molar-refractivity contribution < 1.29 is 33.3 Å². The lowest BCUT2D eigenvalue weighted by Gasteiger charge is -2.56. The van der Waals surface area contributed by atoms with Crippen molar-refractivity contribution in [1.29, 1.82) is 0 Å². The molecule has 0 bridgehead atoms. The van der Waals surface area contributed by atoms with Gasteiger partial charge in [-0.1, -0.05) is 6.07 Å². The van der Waals surface area contributed by atoms with Gasteiger partial charge in [0.1, 0.15) is 29.0 Å². The molecule has 2 amide bonds. The van der Waals surface area contributed by atoms with E-state index in [9.17, 15) is 28.6 Å². The second-order valence-corrected chi connectivity index (χ2v) is 7.94. The number of carbonyl (C=O) groups excluding carboxylic acids is 2. The van der Waals surface area contributed by atoms with Crippen LogP contribution in [0.5, 0.6) is 0 Å². The van der Waals surface area contributed by atoms with Gasteiger partial charge in [0.2, 0.25) is 0 Å². The minimum atomic E-state index is -1.74. The summed E-state index contributed by atoms with van der Waals surface area (Å²) in [6.45, 7) is 0.513. The number of aliphatic hydroxyl groups is 2. The molecule has 0 radical (unpaired) electrons. The quantitative estimate of drug-likeness (QED) is 0.610. The van der Waals surface area contributed by atoms with Crippen LogP contribution >= 0.6 is 0 Å². The Kier molecular flexibility index (Phi) is 5.20. The fourth-order valence-electron chi connectivity index (χ4n) is 3.83. The standard InChI is InChI=1S/C20H22F2N4O5/c1-24(2)26-8-20(9-31-10-20)25-7-13(16(27)17(28)15(25)19(26)30)18(29)23-6-11-3-4-12(21)5-14(11)22/h3-5,7,16,27-28H,6,8-10H2,1-2H3,(H,23,29). The fraction of sp³-hybridized carbons (Fsp3) is 0.400. The van der Waals surface area contributed by atoms with Gasteiger partial charge >= 0.3 is 0 Å². The van der Waals surface area contributed by atoms with Gasteiger partial charge in [0.05, 0.1) is 25.3 Å². The monoisotopic (exact) mass is 436 g/mol. The summed E-state index contributed by atoms with van der Waals surface area (Å²) in [7, 11) is 3.36. The Morgan fingerprint density at radius 2 is 2.06 bits per heavy atom. The van der Waals surface area contributed by atoms with E-state index in [1.807, 2.05) is 0 Å². The summed E-state index contributed by atoms with van der Waals surface area (Å²) >= 11 is 0. The van der Waals surface area contributed by atoms with E-state index in [1.54, 1.807) is 19.1 Å². The Hall–Kier alpha value is -3.02. The minimum Gasteiger partial charge on any atom is -0.507 e. The molecule has 11 heteroatoms. The molecule has 3 N–H and O–H groups in total. The number of carbonyl (C=O) groups is 2. The summed E-state index contributed by atoms with van der Waals surface area (Å²) in [5.74, 6) is -3.50. The van der Waals surface area contributed by atoms with Crippen LogP contribution in [0.4, 0.5) is 8.78 Å². The Labute approximate surface area is 176 Å². The number of aliphatic hydroxyl groups excluding tert-OH is 2. The van der Waals surface area contributed by atoms with Gasteiger partial charge < -0.3 is 25.2 Å². The Morgan fingerprint density at radius 3 is 2.65 bits per heavy atom. The summed E-state index contributed by atoms with van der Waals surface area (Å²) in [5, 5.41) is 26.6. The predicted molar refractivity (Wildman–Crippen MR) is 103 cm³/mol. The highest BCUT2D eigenvalue weighted by atomic mass is 19.1. The van der Waals surface area contributed by atoms with Gasteiger partial charge in [0.15, 0.2) is 5.76 Å². The Balaban J connectivity index is 1.61. The van der Waals surface area contributed by atoms with Crippen molar-refractivity contribution in [3.8, 4) is 0 Å². The number of nitrogens with zero attached hydrogens (tertiary/aromatic N) is 3. The molecule has 166 valence electrons. The molecule has 4 rings (SSSR count). The highest BCUT2D eigenvalue weighted by molar-refractivity contribution is 5.99. The molecule has 1 spiro atoms. The van der Waals surface area contributed by atoms with E-state index in [2.05, 4.69) is 5.32 Å². The van der Waals surface area contributed by atoms with Crippen molar-refractivity contribution in [3.63, 3.8) is 0 Å². The minimum absolute atomic E-state index is 0.0553. The molecule has 1 aromatic rings. The molecule has 3 heterocycles. The molecule has 31 heavy (non-hydrogen) atoms. The average Bonchev–Trinajstić information content (AvgIpc) is 2.68. The van der Waals surface area contributed by atoms with E-state index < -0.39 is 40.9 Å². The normalized spacial score (nSPS) is 22.5. The van der Waals surface area contributed by atoms with Gasteiger partial charge in [-0.25, -0.2) is 13.8 Å². The maximum absolute atomic E-state index is 13.8. The molecule has 1 unspecified atom stereocenters. The number of ether oxygens (including phenoxy) is 1. The van der Waals surface area contributed by atoms with Crippen LogP contribution in [-0.2, 0) is 20.9 Å². The first-order chi connectivity index (χ1) is 14.6. The van der Waals surface area contributed by atoms with Crippen LogP contribution in [0.3, 0.4) is 0 Å². The third kappa shape index (κ3) is 3.44. The van der Waals surface area contributed by atoms with E-state index >= 15 is 0 Å². The molecule has 3 aliphatic rings. The third-order valence-corrected chi connectivity index (χ3v) is 5.64. The number of fused-ring (bicyclic) bond motifs is 2. The number of hydrogen-bond donors (Lipinski definition) is 3. The van der Waals surface area contributed by atoms with Crippen LogP contribution in [0.15, 0.2) is 41.4 Å². The average molecular weight is 436 g/mol. The maximum Gasteiger partial charge on any atom is 0.288 e. The van der Waals surface area contributed by atoms with Crippen molar-refractivity contribution in [3.05, 3.63) is 58.6 Å². The first-order valence-electron chi connectivity index (χ1n) is 9.56. The van der Waals surface area contributed by atoms with Gasteiger partial charge in [-0.2, -0.15) is 0 Å². The smallest absolute Gasteiger partial charge is 0.288 e. The van der Waals surface area contributed by atoms with Crippen molar-refractivity contribution in [2.45, 2.75) is 18.2 Å². The topological polar surface area (TPSA) is 106 Å². The van der Waals surface area contributed by atoms with Crippen LogP contribution in [0.25, 0.3) is 0 Å². The van der Waals surface area contributed by atoms with Gasteiger partial charge in [0, 0.05) is 38.5 Å². The molecular weight excluding hydrogens is 414 g/mol. The number of hydrazine groups is 1. The zero-order valence-corrected chi connectivity index (χ0v) is 16.9. The lowest BCUT2D eigenvalue weighted by molar-refractivity contribution is -0.185. The second-order valence-electron chi connectivity index (χ2n) is 7.94. The number of rotatable bonds is 4. The largest absolute Gasteiger partial charge is 0.507 e. The van der Waals surface area contributed by atoms with Crippen LogP contribution in [-0.4, -0.2) is 82.4 Å². The first-order valence-corrected chi connectivity index (χ1v) is 9.56. The summed E-state index contributed by atoms with van der Waals surface area (Å²) in [5.41, 5.74) is -0.978. The molecule has 1 atom stereocenters. The molecule has 3 aliphatic heterocycles. The number of nitrogens with one attached hydrogen (secondary N) is 1. The summed E-state index contributed by atoms with van der Waals surface area (Å²) in [6, 6.07) is 2.97. The molecule has 9 nitrogen and oxygen atoms in total. The van der Waals surface area contributed by atoms with Crippen LogP contribution < -0.4 is 5.32 Å². The highest BCUT2D eigenvalue weighted by Crippen LogP contribution is 2.40. The van der Waals surface area contributed by atoms with Crippen LogP contribution in [0.1, 0.15) is 5.56 Å². The van der Waals surface area contributed by atoms with Crippen LogP contribution in [0.2, 0.25) is 0 Å². The van der Waals surface area contributed by atoms with Gasteiger partial charge in [-0.05, 0) is 6.07 Å². The van der Waals surface area contributed by atoms with Crippen molar-refractivity contribution in [1.82, 2.24) is 20.2 Å². The molecular formula is C20H22F2N4O5. The summed E-state index contributed by atoms with van der Waals surface area (Å²) in [4.78, 5) is 27.1. The number of hydrogen-bond acceptors (Lipinski definition) is 7. The Bertz CT molecular complexity index is 1010. The van der Waals surface area contributed by atoms with Crippen molar-refractivity contribution in [2.75, 3.05) is 33.9 Å². The molecule has 0 saturated carbocycles. The van der Waals surface area contributed by atoms with Crippen molar-refractivity contribution >= 4 is 11.8 Å². The van der Waals surface area contributed by atoms with Gasteiger partial charge in [0.25, 0.3) is 11.8 Å². The zero-order chi connectivity index (χ0) is 22.5. The maximum atomic E-state index is 13.8. The van der Waals surface area contributed by atoms with Crippen molar-refractivity contribution in [2.24, 2.45) is 0 Å². The summed E-state index contributed by atoms with van der Waals surface area (Å²) < 4.78 is 32.2. The zero-order valence-electron chi connectivity index (χ0n) is 16.9. The molecule has 0 aromatic heterocycles. The van der Waals surface area contributed by atoms with E-state index in [0.29, 0.717) is 6.07 Å². The number of benzene rings is 1. The van der Waals surface area contributed by atoms with Gasteiger partial charge in [-0.3, -0.25) is 14.6 Å². The molecule has 1 aromatic carbocycles. The summed E-state index contributed by atoms with van der Waals surface area (Å²) in [6.07, 6.45) is -0.419. The fourth-order valence-corrected chi connectivity index (χ4v) is 3.83. The van der Waals surface area contributed by atoms with Crippen LogP contribution in [0, 0.1) is 11.6 Å². The lowest BCUT2D eigenvalue weighted by atomic mass is 9.87. The van der Waals surface area contributed by atoms with E-state index in [-0.39, 0.29) is 43.1 Å². The Morgan fingerprint density at radius 1 is 1.35 bits per heavy atom. The first kappa shape index (κ1) is 21.2. The number of amides is 2. The molecule has 2 saturated heterocycles. The predicted octanol–water partition coefficient (Wildman–Crippen LogP) is -0.00120. The SMILES string of the molecule is CN(C)N1CC2(COC2)N2C=C(C(=O)NCc3ccc(F)cc3F)C(O)C(O)=C2C1=O. The third-order valence-electron chi connectivity index (χ3n) is 5.64. The van der Waals surface area contributed by atoms with E-state index in [1.165, 1.54) is 22.2 Å². The van der Waals surface area contributed by atoms with Gasteiger partial charge in [-0.15, -0.1) is 0 Å². The highest BCUT2D eigenvalue weighted by Gasteiger charge is 2.55. The number of halogens is 2. The van der Waals surface area contributed by atoms with E-state index in [0.717, 1.165) is 6.07 Å². The molecule has 0 aliphatic carbocycles.